The topological polar surface area (TPSA) is 0 Å². The van der Waals surface area contributed by atoms with Crippen LogP contribution in [0.2, 0.25) is 0 Å². The molecule has 0 amide bonds. The van der Waals surface area contributed by atoms with Crippen LogP contribution in [0.1, 0.15) is 0 Å². The maximum atomic E-state index is 2.17. The van der Waals surface area contributed by atoms with Crippen molar-refractivity contribution in [3.63, 3.8) is 0 Å². The summed E-state index contributed by atoms with van der Waals surface area (Å²) in [5.41, 5.74) is 0. The van der Waals surface area contributed by atoms with Crippen LogP contribution in [0.4, 0.5) is 0 Å². The van der Waals surface area contributed by atoms with Crippen LogP contribution >= 0.6 is 22.7 Å². The Kier molecular flexibility index (Phi) is 2.39. The Hall–Kier alpha value is -0.860. The molecule has 0 aliphatic carbocycles. The minimum absolute atomic E-state index is 1.30. The van der Waals surface area contributed by atoms with Crippen LogP contribution in [-0.2, 0) is 0 Å². The summed E-state index contributed by atoms with van der Waals surface area (Å²) in [6.45, 7) is 0. The third kappa shape index (κ3) is 1.65. The second-order valence-electron chi connectivity index (χ2n) is 2.41. The van der Waals surface area contributed by atoms with Gasteiger partial charge in [0.05, 0.1) is 0 Å². The molecule has 0 fully saturated rings. The van der Waals surface area contributed by atoms with Gasteiger partial charge in [0.25, 0.3) is 0 Å². The van der Waals surface area contributed by atoms with Crippen molar-refractivity contribution in [1.82, 2.24) is 0 Å². The highest BCUT2D eigenvalue weighted by Crippen LogP contribution is 2.13. The third-order valence-electron chi connectivity index (χ3n) is 1.60. The first-order valence-electron chi connectivity index (χ1n) is 3.68. The lowest BCUT2D eigenvalue weighted by molar-refractivity contribution is 1.84. The Morgan fingerprint density at radius 2 is 1.25 bits per heavy atom. The fraction of sp³-hybridized carbons (Fsp3) is 0. The van der Waals surface area contributed by atoms with Crippen LogP contribution in [0.25, 0.3) is 10.8 Å². The predicted molar refractivity (Wildman–Crippen MR) is 57.3 cm³/mol. The van der Waals surface area contributed by atoms with Gasteiger partial charge < -0.3 is 0 Å². The van der Waals surface area contributed by atoms with Crippen molar-refractivity contribution in [2.45, 2.75) is 0 Å². The molecular formula is C10H8S2. The zero-order chi connectivity index (χ0) is 8.23. The molecular weight excluding hydrogens is 184 g/mol. The Morgan fingerprint density at radius 3 is 1.75 bits per heavy atom. The molecule has 0 unspecified atom stereocenters. The van der Waals surface area contributed by atoms with Crippen LogP contribution in [0.3, 0.4) is 0 Å². The van der Waals surface area contributed by atoms with Gasteiger partial charge in [-0.1, -0.05) is 24.3 Å². The van der Waals surface area contributed by atoms with E-state index in [4.69, 9.17) is 0 Å². The number of hydrogen-bond acceptors (Lipinski definition) is 2. The average molecular weight is 192 g/mol. The van der Waals surface area contributed by atoms with Gasteiger partial charge in [-0.3, -0.25) is 0 Å². The molecule has 1 aromatic carbocycles. The van der Waals surface area contributed by atoms with Gasteiger partial charge in [-0.15, -0.1) is 0 Å². The summed E-state index contributed by atoms with van der Waals surface area (Å²) in [7, 11) is 0. The summed E-state index contributed by atoms with van der Waals surface area (Å²) in [4.78, 5) is 0. The van der Waals surface area contributed by atoms with E-state index in [1.54, 1.807) is 22.7 Å². The second-order valence-corrected chi connectivity index (χ2v) is 3.97. The third-order valence-corrected chi connectivity index (χ3v) is 3.14. The quantitative estimate of drug-likeness (QED) is 0.590. The molecule has 1 aromatic heterocycles. The first kappa shape index (κ1) is 7.77. The van der Waals surface area contributed by atoms with E-state index in [9.17, 15) is 0 Å². The normalized spacial score (nSPS) is 9.67. The number of rotatable bonds is 0. The lowest BCUT2D eigenvalue weighted by Crippen LogP contribution is -1.62. The maximum absolute atomic E-state index is 2.17. The van der Waals surface area contributed by atoms with Gasteiger partial charge in [0, 0.05) is 10.8 Å². The van der Waals surface area contributed by atoms with Crippen LogP contribution in [0.5, 0.6) is 0 Å². The summed E-state index contributed by atoms with van der Waals surface area (Å²) < 4.78 is 0. The van der Waals surface area contributed by atoms with Gasteiger partial charge in [0.15, 0.2) is 0 Å². The first-order chi connectivity index (χ1) is 5.97. The van der Waals surface area contributed by atoms with Crippen LogP contribution in [0.15, 0.2) is 45.8 Å². The summed E-state index contributed by atoms with van der Waals surface area (Å²) in [5, 5.41) is 11.1. The molecule has 2 aromatic rings. The lowest BCUT2D eigenvalue weighted by Gasteiger charge is -1.90. The van der Waals surface area contributed by atoms with Crippen molar-refractivity contribution in [2.24, 2.45) is 0 Å². The van der Waals surface area contributed by atoms with Gasteiger partial charge >= 0.3 is 0 Å². The summed E-state index contributed by atoms with van der Waals surface area (Å²) in [6.07, 6.45) is 0. The molecule has 0 atom stereocenters. The van der Waals surface area contributed by atoms with Gasteiger partial charge in [0.2, 0.25) is 0 Å². The maximum Gasteiger partial charge on any atom is 0.000580 e. The SMILES string of the molecule is c1ccc2csccscc2c1. The molecule has 60 valence electrons. The molecule has 0 spiro atoms. The van der Waals surface area contributed by atoms with Crippen LogP contribution < -0.4 is 0 Å². The smallest absolute Gasteiger partial charge is 0.000580 e. The molecule has 0 radical (unpaired) electrons. The highest BCUT2D eigenvalue weighted by Gasteiger charge is 1.84. The van der Waals surface area contributed by atoms with Crippen molar-refractivity contribution in [2.75, 3.05) is 0 Å². The van der Waals surface area contributed by atoms with E-state index in [2.05, 4.69) is 45.8 Å². The van der Waals surface area contributed by atoms with Gasteiger partial charge in [-0.25, -0.2) is 0 Å². The minimum Gasteiger partial charge on any atom is -0.151 e. The molecule has 0 aliphatic rings. The van der Waals surface area contributed by atoms with E-state index in [0.717, 1.165) is 0 Å². The molecule has 12 heavy (non-hydrogen) atoms. The predicted octanol–water partition coefficient (Wildman–Crippen LogP) is 4.09. The lowest BCUT2D eigenvalue weighted by atomic mass is 10.2. The number of hydrogen-bond donors (Lipinski definition) is 0. The molecule has 0 saturated carbocycles. The monoisotopic (exact) mass is 192 g/mol. The Balaban J connectivity index is 2.83. The Labute approximate surface area is 79.4 Å². The highest BCUT2D eigenvalue weighted by atomic mass is 32.1. The molecule has 2 heteroatoms. The fourth-order valence-corrected chi connectivity index (χ4v) is 2.41. The molecule has 0 N–H and O–H groups in total. The molecule has 0 nitrogen and oxygen atoms in total. The standard InChI is InChI=1S/C10H8S2/c1-2-4-10-8-12-6-5-11-7-9(10)3-1/h1-8H. The van der Waals surface area contributed by atoms with E-state index >= 15 is 0 Å². The van der Waals surface area contributed by atoms with Crippen molar-refractivity contribution in [1.29, 1.82) is 0 Å². The van der Waals surface area contributed by atoms with Gasteiger partial charge in [0.1, 0.15) is 0 Å². The largest absolute Gasteiger partial charge is 0.151 e. The van der Waals surface area contributed by atoms with E-state index < -0.39 is 0 Å². The van der Waals surface area contributed by atoms with Crippen LogP contribution in [-0.4, -0.2) is 0 Å². The Bertz CT molecular complexity index is 370. The van der Waals surface area contributed by atoms with Gasteiger partial charge in [-0.2, -0.15) is 22.7 Å². The van der Waals surface area contributed by atoms with Crippen molar-refractivity contribution in [3.8, 4) is 0 Å². The van der Waals surface area contributed by atoms with Crippen molar-refractivity contribution >= 4 is 33.4 Å². The zero-order valence-corrected chi connectivity index (χ0v) is 8.07. The van der Waals surface area contributed by atoms with E-state index in [0.29, 0.717) is 0 Å². The van der Waals surface area contributed by atoms with Crippen LogP contribution in [0, 0.1) is 0 Å². The van der Waals surface area contributed by atoms with E-state index in [1.165, 1.54) is 10.8 Å². The molecule has 0 saturated heterocycles. The second kappa shape index (κ2) is 3.70. The summed E-state index contributed by atoms with van der Waals surface area (Å²) in [5.74, 6) is 0. The summed E-state index contributed by atoms with van der Waals surface area (Å²) >= 11 is 3.45. The van der Waals surface area contributed by atoms with Crippen molar-refractivity contribution < 1.29 is 0 Å². The molecule has 0 aliphatic heterocycles. The van der Waals surface area contributed by atoms with E-state index in [1.807, 2.05) is 0 Å². The molecule has 1 heterocycles. The Morgan fingerprint density at radius 1 is 0.750 bits per heavy atom. The minimum atomic E-state index is 1.30. The first-order valence-corrected chi connectivity index (χ1v) is 5.57. The average Bonchev–Trinajstić information content (AvgIpc) is 2.06. The molecule has 0 bridgehead atoms. The molecule has 2 rings (SSSR count). The number of benzene rings is 1. The number of fused-ring (bicyclic) bond motifs is 1. The fourth-order valence-electron chi connectivity index (χ4n) is 1.01. The van der Waals surface area contributed by atoms with E-state index in [-0.39, 0.29) is 0 Å². The highest BCUT2D eigenvalue weighted by molar-refractivity contribution is 7.12. The zero-order valence-electron chi connectivity index (χ0n) is 6.44. The van der Waals surface area contributed by atoms with Gasteiger partial charge in [-0.05, 0) is 21.5 Å². The van der Waals surface area contributed by atoms with Crippen molar-refractivity contribution in [3.05, 3.63) is 45.8 Å². The summed E-state index contributed by atoms with van der Waals surface area (Å²) in [6, 6.07) is 8.41.